The number of piperazine rings is 1. The summed E-state index contributed by atoms with van der Waals surface area (Å²) in [7, 11) is 1.60. The lowest BCUT2D eigenvalue weighted by atomic mass is 10.1. The number of carbonyl (C=O) groups excluding carboxylic acids is 2. The summed E-state index contributed by atoms with van der Waals surface area (Å²) in [5, 5.41) is 0. The fraction of sp³-hybridized carbons (Fsp3) is 0.467. The van der Waals surface area contributed by atoms with E-state index < -0.39 is 0 Å². The van der Waals surface area contributed by atoms with Crippen molar-refractivity contribution in [3.63, 3.8) is 0 Å². The van der Waals surface area contributed by atoms with Crippen LogP contribution in [0.5, 0.6) is 5.75 Å². The number of rotatable bonds is 4. The largest absolute Gasteiger partial charge is 0.497 e. The van der Waals surface area contributed by atoms with Gasteiger partial charge in [0.1, 0.15) is 11.5 Å². The first-order valence-corrected chi connectivity index (χ1v) is 6.75. The van der Waals surface area contributed by atoms with Gasteiger partial charge in [-0.05, 0) is 31.2 Å². The van der Waals surface area contributed by atoms with Crippen molar-refractivity contribution >= 4 is 11.7 Å². The van der Waals surface area contributed by atoms with Crippen LogP contribution in [-0.2, 0) is 4.79 Å². The summed E-state index contributed by atoms with van der Waals surface area (Å²) in [6.07, 6.45) is 0. The van der Waals surface area contributed by atoms with Crippen molar-refractivity contribution in [2.75, 3.05) is 39.8 Å². The van der Waals surface area contributed by atoms with Crippen molar-refractivity contribution in [3.8, 4) is 5.75 Å². The average Bonchev–Trinajstić information content (AvgIpc) is 2.47. The fourth-order valence-corrected chi connectivity index (χ4v) is 2.34. The summed E-state index contributed by atoms with van der Waals surface area (Å²) in [4.78, 5) is 27.3. The van der Waals surface area contributed by atoms with Gasteiger partial charge in [-0.2, -0.15) is 0 Å². The Morgan fingerprint density at radius 2 is 1.70 bits per heavy atom. The molecule has 0 saturated carbocycles. The van der Waals surface area contributed by atoms with Crippen molar-refractivity contribution < 1.29 is 14.3 Å². The highest BCUT2D eigenvalue weighted by molar-refractivity contribution is 5.94. The number of carbonyl (C=O) groups is 2. The molecular weight excluding hydrogens is 256 g/mol. The highest BCUT2D eigenvalue weighted by atomic mass is 16.5. The van der Waals surface area contributed by atoms with Crippen LogP contribution < -0.4 is 4.74 Å². The Kier molecular flexibility index (Phi) is 4.74. The van der Waals surface area contributed by atoms with Gasteiger partial charge in [-0.15, -0.1) is 0 Å². The Bertz CT molecular complexity index is 476. The van der Waals surface area contributed by atoms with Gasteiger partial charge in [-0.25, -0.2) is 0 Å². The van der Waals surface area contributed by atoms with E-state index in [1.807, 2.05) is 4.90 Å². The van der Waals surface area contributed by atoms with Gasteiger partial charge in [0.2, 0.25) is 0 Å². The van der Waals surface area contributed by atoms with Crippen molar-refractivity contribution in [3.05, 3.63) is 29.8 Å². The lowest BCUT2D eigenvalue weighted by Crippen LogP contribution is -2.49. The van der Waals surface area contributed by atoms with E-state index in [0.717, 1.165) is 18.8 Å². The van der Waals surface area contributed by atoms with Gasteiger partial charge < -0.3 is 9.64 Å². The Morgan fingerprint density at radius 1 is 1.10 bits per heavy atom. The number of hydrogen-bond acceptors (Lipinski definition) is 4. The molecule has 0 atom stereocenters. The monoisotopic (exact) mass is 276 g/mol. The maximum atomic E-state index is 12.3. The molecule has 20 heavy (non-hydrogen) atoms. The molecule has 0 unspecified atom stereocenters. The van der Waals surface area contributed by atoms with Crippen LogP contribution in [0, 0.1) is 0 Å². The highest BCUT2D eigenvalue weighted by Gasteiger charge is 2.22. The first kappa shape index (κ1) is 14.5. The summed E-state index contributed by atoms with van der Waals surface area (Å²) >= 11 is 0. The van der Waals surface area contributed by atoms with Crippen molar-refractivity contribution in [2.45, 2.75) is 6.92 Å². The van der Waals surface area contributed by atoms with Crippen LogP contribution in [0.1, 0.15) is 17.3 Å². The highest BCUT2D eigenvalue weighted by Crippen LogP contribution is 2.14. The summed E-state index contributed by atoms with van der Waals surface area (Å²) in [5.41, 5.74) is 0.672. The molecule has 0 N–H and O–H groups in total. The number of ether oxygens (including phenoxy) is 1. The molecular formula is C15H20N2O3. The standard InChI is InChI=1S/C15H20N2O3/c1-12(18)11-16-7-9-17(10-8-16)15(19)13-3-5-14(20-2)6-4-13/h3-6H,7-11H2,1-2H3. The van der Waals surface area contributed by atoms with E-state index in [9.17, 15) is 9.59 Å². The molecule has 0 aliphatic carbocycles. The summed E-state index contributed by atoms with van der Waals surface area (Å²) in [6, 6.07) is 7.14. The van der Waals surface area contributed by atoms with Gasteiger partial charge in [0.05, 0.1) is 13.7 Å². The number of hydrogen-bond donors (Lipinski definition) is 0. The van der Waals surface area contributed by atoms with Gasteiger partial charge in [0, 0.05) is 31.7 Å². The molecule has 5 heteroatoms. The van der Waals surface area contributed by atoms with Crippen LogP contribution in [0.25, 0.3) is 0 Å². The quantitative estimate of drug-likeness (QED) is 0.824. The van der Waals surface area contributed by atoms with E-state index >= 15 is 0 Å². The van der Waals surface area contributed by atoms with Gasteiger partial charge in [-0.1, -0.05) is 0 Å². The second kappa shape index (κ2) is 6.52. The molecule has 1 amide bonds. The zero-order chi connectivity index (χ0) is 14.5. The summed E-state index contributed by atoms with van der Waals surface area (Å²) in [6.45, 7) is 4.90. The third-order valence-electron chi connectivity index (χ3n) is 3.44. The van der Waals surface area contributed by atoms with Gasteiger partial charge in [0.25, 0.3) is 5.91 Å². The Hall–Kier alpha value is -1.88. The molecule has 1 aliphatic heterocycles. The molecule has 1 aliphatic rings. The first-order valence-electron chi connectivity index (χ1n) is 6.75. The van der Waals surface area contributed by atoms with Crippen molar-refractivity contribution in [2.24, 2.45) is 0 Å². The number of Topliss-reactive ketones (excluding diaryl/α,β-unsaturated/α-hetero) is 1. The van der Waals surface area contributed by atoms with Crippen LogP contribution in [0.4, 0.5) is 0 Å². The molecule has 2 rings (SSSR count). The van der Waals surface area contributed by atoms with E-state index in [1.54, 1.807) is 38.3 Å². The summed E-state index contributed by atoms with van der Waals surface area (Å²) in [5.74, 6) is 0.947. The minimum atomic E-state index is 0.0372. The number of amides is 1. The minimum Gasteiger partial charge on any atom is -0.497 e. The normalized spacial score (nSPS) is 16.0. The lowest BCUT2D eigenvalue weighted by molar-refractivity contribution is -0.118. The SMILES string of the molecule is COc1ccc(C(=O)N2CCN(CC(C)=O)CC2)cc1. The van der Waals surface area contributed by atoms with Gasteiger partial charge in [-0.3, -0.25) is 14.5 Å². The number of benzene rings is 1. The molecule has 0 radical (unpaired) electrons. The number of methoxy groups -OCH3 is 1. The van der Waals surface area contributed by atoms with E-state index in [0.29, 0.717) is 25.2 Å². The topological polar surface area (TPSA) is 49.9 Å². The van der Waals surface area contributed by atoms with Crippen LogP contribution in [0.15, 0.2) is 24.3 Å². The lowest BCUT2D eigenvalue weighted by Gasteiger charge is -2.34. The molecule has 1 heterocycles. The van der Waals surface area contributed by atoms with Crippen molar-refractivity contribution in [1.82, 2.24) is 9.80 Å². The molecule has 108 valence electrons. The molecule has 1 saturated heterocycles. The predicted molar refractivity (Wildman–Crippen MR) is 76.0 cm³/mol. The molecule has 1 aromatic rings. The maximum absolute atomic E-state index is 12.3. The van der Waals surface area contributed by atoms with E-state index in [4.69, 9.17) is 4.74 Å². The third-order valence-corrected chi connectivity index (χ3v) is 3.44. The molecule has 5 nitrogen and oxygen atoms in total. The smallest absolute Gasteiger partial charge is 0.253 e. The van der Waals surface area contributed by atoms with Gasteiger partial charge >= 0.3 is 0 Å². The molecule has 0 spiro atoms. The number of nitrogens with zero attached hydrogens (tertiary/aromatic N) is 2. The molecule has 1 aromatic carbocycles. The van der Waals surface area contributed by atoms with Crippen LogP contribution in [-0.4, -0.2) is 61.3 Å². The first-order chi connectivity index (χ1) is 9.60. The second-order valence-electron chi connectivity index (χ2n) is 5.00. The van der Waals surface area contributed by atoms with Crippen LogP contribution in [0.2, 0.25) is 0 Å². The Balaban J connectivity index is 1.92. The third kappa shape index (κ3) is 3.57. The number of ketones is 1. The Morgan fingerprint density at radius 3 is 2.20 bits per heavy atom. The zero-order valence-corrected chi connectivity index (χ0v) is 12.0. The van der Waals surface area contributed by atoms with Crippen LogP contribution in [0.3, 0.4) is 0 Å². The minimum absolute atomic E-state index is 0.0372. The molecule has 0 bridgehead atoms. The van der Waals surface area contributed by atoms with Gasteiger partial charge in [0.15, 0.2) is 0 Å². The predicted octanol–water partition coefficient (Wildman–Crippen LogP) is 1.04. The van der Waals surface area contributed by atoms with Crippen LogP contribution >= 0.6 is 0 Å². The zero-order valence-electron chi connectivity index (χ0n) is 12.0. The van der Waals surface area contributed by atoms with E-state index in [1.165, 1.54) is 0 Å². The second-order valence-corrected chi connectivity index (χ2v) is 5.00. The van der Waals surface area contributed by atoms with E-state index in [2.05, 4.69) is 4.90 Å². The van der Waals surface area contributed by atoms with E-state index in [-0.39, 0.29) is 11.7 Å². The maximum Gasteiger partial charge on any atom is 0.253 e. The molecule has 1 fully saturated rings. The summed E-state index contributed by atoms with van der Waals surface area (Å²) < 4.78 is 5.08. The fourth-order valence-electron chi connectivity index (χ4n) is 2.34. The van der Waals surface area contributed by atoms with Crippen molar-refractivity contribution in [1.29, 1.82) is 0 Å². The molecule has 0 aromatic heterocycles. The Labute approximate surface area is 119 Å². The average molecular weight is 276 g/mol.